The molecule has 0 unspecified atom stereocenters. The van der Waals surface area contributed by atoms with Crippen LogP contribution < -0.4 is 15.0 Å². The van der Waals surface area contributed by atoms with Crippen molar-refractivity contribution in [1.29, 1.82) is 0 Å². The Kier molecular flexibility index (Phi) is 4.13. The minimum Gasteiger partial charge on any atom is -0.456 e. The third-order valence-electron chi connectivity index (χ3n) is 3.38. The summed E-state index contributed by atoms with van der Waals surface area (Å²) < 4.78 is 5.84. The van der Waals surface area contributed by atoms with Gasteiger partial charge in [-0.3, -0.25) is 4.98 Å². The summed E-state index contributed by atoms with van der Waals surface area (Å²) in [6.45, 7) is 4.17. The van der Waals surface area contributed by atoms with E-state index in [2.05, 4.69) is 21.3 Å². The van der Waals surface area contributed by atoms with E-state index in [0.29, 0.717) is 0 Å². The lowest BCUT2D eigenvalue weighted by Crippen LogP contribution is -2.27. The topological polar surface area (TPSA) is 37.4 Å². The SMILES string of the molecule is c1ccc(Oc2cncc(N3CCCNCC3)c2)cc1. The zero-order chi connectivity index (χ0) is 13.6. The molecule has 3 rings (SSSR count). The molecule has 1 aromatic carbocycles. The minimum atomic E-state index is 0.783. The van der Waals surface area contributed by atoms with E-state index in [9.17, 15) is 0 Å². The van der Waals surface area contributed by atoms with E-state index >= 15 is 0 Å². The van der Waals surface area contributed by atoms with Crippen LogP contribution >= 0.6 is 0 Å². The molecule has 1 aliphatic heterocycles. The van der Waals surface area contributed by atoms with Crippen LogP contribution in [0.3, 0.4) is 0 Å². The summed E-state index contributed by atoms with van der Waals surface area (Å²) in [5.74, 6) is 1.62. The molecule has 4 heteroatoms. The number of hydrogen-bond donors (Lipinski definition) is 1. The number of anilines is 1. The Morgan fingerprint density at radius 1 is 1.00 bits per heavy atom. The molecule has 2 aromatic rings. The monoisotopic (exact) mass is 269 g/mol. The number of ether oxygens (including phenoxy) is 1. The first-order valence-corrected chi connectivity index (χ1v) is 7.05. The number of aromatic nitrogens is 1. The highest BCUT2D eigenvalue weighted by Crippen LogP contribution is 2.24. The van der Waals surface area contributed by atoms with Crippen molar-refractivity contribution in [1.82, 2.24) is 10.3 Å². The van der Waals surface area contributed by atoms with Crippen molar-refractivity contribution in [2.75, 3.05) is 31.1 Å². The molecule has 0 aliphatic carbocycles. The molecular formula is C16H19N3O. The summed E-state index contributed by atoms with van der Waals surface area (Å²) in [4.78, 5) is 6.65. The molecule has 1 aromatic heterocycles. The maximum absolute atomic E-state index is 5.84. The highest BCUT2D eigenvalue weighted by Gasteiger charge is 2.10. The van der Waals surface area contributed by atoms with Crippen molar-refractivity contribution < 1.29 is 4.74 Å². The van der Waals surface area contributed by atoms with Crippen molar-refractivity contribution in [2.24, 2.45) is 0 Å². The number of hydrogen-bond acceptors (Lipinski definition) is 4. The summed E-state index contributed by atoms with van der Waals surface area (Å²) >= 11 is 0. The van der Waals surface area contributed by atoms with Crippen molar-refractivity contribution in [3.63, 3.8) is 0 Å². The first-order valence-electron chi connectivity index (χ1n) is 7.05. The molecule has 4 nitrogen and oxygen atoms in total. The number of rotatable bonds is 3. The van der Waals surface area contributed by atoms with Crippen LogP contribution in [0.1, 0.15) is 6.42 Å². The van der Waals surface area contributed by atoms with Crippen LogP contribution in [0.4, 0.5) is 5.69 Å². The zero-order valence-corrected chi connectivity index (χ0v) is 11.5. The number of nitrogens with zero attached hydrogens (tertiary/aromatic N) is 2. The standard InChI is InChI=1S/C16H19N3O/c1-2-5-15(6-3-1)20-16-11-14(12-18-13-16)19-9-4-7-17-8-10-19/h1-3,5-6,11-13,17H,4,7-10H2. The second-order valence-corrected chi connectivity index (χ2v) is 4.88. The maximum Gasteiger partial charge on any atom is 0.147 e. The number of nitrogens with one attached hydrogen (secondary N) is 1. The first kappa shape index (κ1) is 12.9. The summed E-state index contributed by atoms with van der Waals surface area (Å²) in [5, 5.41) is 3.41. The molecule has 0 saturated carbocycles. The van der Waals surface area contributed by atoms with Gasteiger partial charge in [0.1, 0.15) is 11.5 Å². The van der Waals surface area contributed by atoms with E-state index in [0.717, 1.165) is 49.8 Å². The Morgan fingerprint density at radius 2 is 1.90 bits per heavy atom. The third-order valence-corrected chi connectivity index (χ3v) is 3.38. The summed E-state index contributed by atoms with van der Waals surface area (Å²) in [6.07, 6.45) is 4.82. The summed E-state index contributed by atoms with van der Waals surface area (Å²) in [5.41, 5.74) is 1.13. The average molecular weight is 269 g/mol. The second kappa shape index (κ2) is 6.39. The van der Waals surface area contributed by atoms with Crippen molar-refractivity contribution in [2.45, 2.75) is 6.42 Å². The lowest BCUT2D eigenvalue weighted by Gasteiger charge is -2.22. The van der Waals surface area contributed by atoms with Crippen LogP contribution in [0.25, 0.3) is 0 Å². The Morgan fingerprint density at radius 3 is 2.80 bits per heavy atom. The van der Waals surface area contributed by atoms with Gasteiger partial charge in [0.05, 0.1) is 18.1 Å². The molecule has 2 heterocycles. The highest BCUT2D eigenvalue weighted by molar-refractivity contribution is 5.49. The third kappa shape index (κ3) is 3.27. The quantitative estimate of drug-likeness (QED) is 0.929. The summed E-state index contributed by atoms with van der Waals surface area (Å²) in [7, 11) is 0. The van der Waals surface area contributed by atoms with Gasteiger partial charge in [0.25, 0.3) is 0 Å². The zero-order valence-electron chi connectivity index (χ0n) is 11.5. The van der Waals surface area contributed by atoms with Gasteiger partial charge in [-0.2, -0.15) is 0 Å². The fourth-order valence-electron chi connectivity index (χ4n) is 2.36. The van der Waals surface area contributed by atoms with E-state index in [1.807, 2.05) is 36.5 Å². The molecule has 104 valence electrons. The normalized spacial score (nSPS) is 15.7. The van der Waals surface area contributed by atoms with Crippen LogP contribution in [0.2, 0.25) is 0 Å². The van der Waals surface area contributed by atoms with Gasteiger partial charge in [-0.15, -0.1) is 0 Å². The van der Waals surface area contributed by atoms with Gasteiger partial charge in [-0.1, -0.05) is 18.2 Å². The minimum absolute atomic E-state index is 0.783. The van der Waals surface area contributed by atoms with Gasteiger partial charge in [0.2, 0.25) is 0 Å². The van der Waals surface area contributed by atoms with Crippen molar-refractivity contribution in [3.8, 4) is 11.5 Å². The Hall–Kier alpha value is -2.07. The predicted octanol–water partition coefficient (Wildman–Crippen LogP) is 2.67. The van der Waals surface area contributed by atoms with Gasteiger partial charge in [0, 0.05) is 25.7 Å². The largest absolute Gasteiger partial charge is 0.456 e. The molecule has 0 bridgehead atoms. The number of pyridine rings is 1. The Labute approximate surface area is 119 Å². The van der Waals surface area contributed by atoms with Crippen molar-refractivity contribution >= 4 is 5.69 Å². The van der Waals surface area contributed by atoms with Crippen molar-refractivity contribution in [3.05, 3.63) is 48.8 Å². The molecule has 0 spiro atoms. The molecule has 20 heavy (non-hydrogen) atoms. The van der Waals surface area contributed by atoms with E-state index in [4.69, 9.17) is 4.74 Å². The van der Waals surface area contributed by atoms with Gasteiger partial charge >= 0.3 is 0 Å². The smallest absolute Gasteiger partial charge is 0.147 e. The van der Waals surface area contributed by atoms with Gasteiger partial charge < -0.3 is 15.0 Å². The fourth-order valence-corrected chi connectivity index (χ4v) is 2.36. The molecular weight excluding hydrogens is 250 g/mol. The van der Waals surface area contributed by atoms with Gasteiger partial charge in [-0.25, -0.2) is 0 Å². The van der Waals surface area contributed by atoms with Crippen LogP contribution in [-0.4, -0.2) is 31.2 Å². The Balaban J connectivity index is 1.75. The molecule has 0 atom stereocenters. The lowest BCUT2D eigenvalue weighted by molar-refractivity contribution is 0.480. The average Bonchev–Trinajstić information content (AvgIpc) is 2.78. The molecule has 1 aliphatic rings. The lowest BCUT2D eigenvalue weighted by atomic mass is 10.3. The molecule has 1 saturated heterocycles. The second-order valence-electron chi connectivity index (χ2n) is 4.88. The van der Waals surface area contributed by atoms with E-state index in [1.165, 1.54) is 0 Å². The molecule has 0 radical (unpaired) electrons. The maximum atomic E-state index is 5.84. The van der Waals surface area contributed by atoms with E-state index in [1.54, 1.807) is 6.20 Å². The van der Waals surface area contributed by atoms with Crippen LogP contribution in [0.15, 0.2) is 48.8 Å². The first-order chi connectivity index (χ1) is 9.92. The van der Waals surface area contributed by atoms with Crippen LogP contribution in [0.5, 0.6) is 11.5 Å². The van der Waals surface area contributed by atoms with Crippen LogP contribution in [0, 0.1) is 0 Å². The number of benzene rings is 1. The van der Waals surface area contributed by atoms with Gasteiger partial charge in [0.15, 0.2) is 0 Å². The van der Waals surface area contributed by atoms with Crippen LogP contribution in [-0.2, 0) is 0 Å². The van der Waals surface area contributed by atoms with E-state index < -0.39 is 0 Å². The molecule has 1 fully saturated rings. The summed E-state index contributed by atoms with van der Waals surface area (Å²) in [6, 6.07) is 11.9. The Bertz CT molecular complexity index is 536. The number of para-hydroxylation sites is 1. The predicted molar refractivity (Wildman–Crippen MR) is 80.5 cm³/mol. The van der Waals surface area contributed by atoms with E-state index in [-0.39, 0.29) is 0 Å². The highest BCUT2D eigenvalue weighted by atomic mass is 16.5. The van der Waals surface area contributed by atoms with Gasteiger partial charge in [-0.05, 0) is 25.1 Å². The fraction of sp³-hybridized carbons (Fsp3) is 0.312. The molecule has 1 N–H and O–H groups in total. The molecule has 0 amide bonds.